The van der Waals surface area contributed by atoms with Crippen LogP contribution in [0.1, 0.15) is 57.1 Å². The summed E-state index contributed by atoms with van der Waals surface area (Å²) in [6.07, 6.45) is 11.2. The van der Waals surface area contributed by atoms with Crippen molar-refractivity contribution in [2.75, 3.05) is 18.0 Å². The van der Waals surface area contributed by atoms with Gasteiger partial charge in [-0.1, -0.05) is 37.5 Å². The largest absolute Gasteiger partial charge is 0.440 e. The Kier molecular flexibility index (Phi) is 6.74. The predicted octanol–water partition coefficient (Wildman–Crippen LogP) is 6.97. The van der Waals surface area contributed by atoms with Gasteiger partial charge in [0.05, 0.1) is 15.1 Å². The Balaban J connectivity index is 1.44. The molecule has 3 heterocycles. The number of hydrogen-bond donors (Lipinski definition) is 0. The molecule has 3 aliphatic rings. The third-order valence-corrected chi connectivity index (χ3v) is 7.91. The third kappa shape index (κ3) is 4.69. The van der Waals surface area contributed by atoms with Crippen molar-refractivity contribution in [2.45, 2.75) is 57.4 Å². The van der Waals surface area contributed by atoms with Crippen LogP contribution >= 0.6 is 27.7 Å². The second-order valence-electron chi connectivity index (χ2n) is 8.66. The summed E-state index contributed by atoms with van der Waals surface area (Å²) in [5.74, 6) is 1.62. The number of piperidine rings is 1. The number of amides is 1. The number of nitrogens with zero attached hydrogens (tertiary/aromatic N) is 3. The fraction of sp³-hybridized carbons (Fsp3) is 0.440. The summed E-state index contributed by atoms with van der Waals surface area (Å²) < 4.78 is 7.13. The van der Waals surface area contributed by atoms with E-state index in [0.717, 1.165) is 47.1 Å². The van der Waals surface area contributed by atoms with Crippen molar-refractivity contribution in [1.29, 1.82) is 0 Å². The number of halogens is 1. The Labute approximate surface area is 202 Å². The molecule has 1 aromatic carbocycles. The minimum atomic E-state index is 0.0450. The first-order chi connectivity index (χ1) is 15.7. The molecule has 0 radical (unpaired) electrons. The minimum absolute atomic E-state index is 0.0450. The average Bonchev–Trinajstić information content (AvgIpc) is 3.34. The number of benzene rings is 1. The molecule has 0 bridgehead atoms. The highest BCUT2D eigenvalue weighted by Crippen LogP contribution is 2.40. The number of rotatable bonds is 4. The van der Waals surface area contributed by atoms with Crippen molar-refractivity contribution >= 4 is 56.4 Å². The molecule has 1 aliphatic carbocycles. The number of hydrogen-bond acceptors (Lipinski definition) is 5. The normalized spacial score (nSPS) is 23.0. The van der Waals surface area contributed by atoms with Gasteiger partial charge in [-0.15, -0.1) is 0 Å². The standard InChI is InChI=1S/C25H28BrN3O2S/c26-21-16-20(31-24(21)28-14-8-3-9-15-28)17-22-23(30)29(19-12-6-2-7-13-19)25(32-22)27-18-10-4-1-5-11-18/h1,4-5,10-11,16-17,19H,2-3,6-9,12-15H2/b22-17+,27-25?. The average molecular weight is 514 g/mol. The number of anilines is 1. The molecular formula is C25H28BrN3O2S. The Morgan fingerprint density at radius 1 is 1.03 bits per heavy atom. The van der Waals surface area contributed by atoms with Crippen LogP contribution in [-0.2, 0) is 4.79 Å². The molecule has 7 heteroatoms. The molecule has 1 amide bonds. The predicted molar refractivity (Wildman–Crippen MR) is 135 cm³/mol. The zero-order chi connectivity index (χ0) is 21.9. The van der Waals surface area contributed by atoms with E-state index in [1.807, 2.05) is 47.4 Å². The van der Waals surface area contributed by atoms with Crippen molar-refractivity contribution < 1.29 is 9.21 Å². The quantitative estimate of drug-likeness (QED) is 0.414. The van der Waals surface area contributed by atoms with Crippen LogP contribution in [0.2, 0.25) is 0 Å². The van der Waals surface area contributed by atoms with Gasteiger partial charge < -0.3 is 9.32 Å². The molecule has 1 aromatic heterocycles. The summed E-state index contributed by atoms with van der Waals surface area (Å²) >= 11 is 5.12. The fourth-order valence-corrected chi connectivity index (χ4v) is 6.32. The minimum Gasteiger partial charge on any atom is -0.440 e. The highest BCUT2D eigenvalue weighted by atomic mass is 79.9. The zero-order valence-electron chi connectivity index (χ0n) is 18.1. The molecule has 2 saturated heterocycles. The van der Waals surface area contributed by atoms with Gasteiger partial charge in [-0.05, 0) is 71.9 Å². The molecule has 0 N–H and O–H groups in total. The molecule has 3 fully saturated rings. The summed E-state index contributed by atoms with van der Waals surface area (Å²) in [6.45, 7) is 2.03. The van der Waals surface area contributed by atoms with Crippen molar-refractivity contribution in [3.05, 3.63) is 51.5 Å². The van der Waals surface area contributed by atoms with E-state index in [0.29, 0.717) is 10.7 Å². The number of thioether (sulfide) groups is 1. The van der Waals surface area contributed by atoms with Crippen LogP contribution in [0, 0.1) is 0 Å². The molecule has 5 rings (SSSR count). The second-order valence-corrected chi connectivity index (χ2v) is 10.5. The second kappa shape index (κ2) is 9.87. The molecule has 1 saturated carbocycles. The molecule has 0 unspecified atom stereocenters. The molecule has 2 aliphatic heterocycles. The first-order valence-electron chi connectivity index (χ1n) is 11.6. The lowest BCUT2D eigenvalue weighted by Gasteiger charge is -2.30. The zero-order valence-corrected chi connectivity index (χ0v) is 20.5. The molecule has 168 valence electrons. The maximum absolute atomic E-state index is 13.5. The van der Waals surface area contributed by atoms with Gasteiger partial charge in [-0.3, -0.25) is 9.69 Å². The number of furan rings is 1. The topological polar surface area (TPSA) is 49.1 Å². The summed E-state index contributed by atoms with van der Waals surface area (Å²) in [5.41, 5.74) is 0.873. The summed E-state index contributed by atoms with van der Waals surface area (Å²) in [4.78, 5) is 23.2. The van der Waals surface area contributed by atoms with Gasteiger partial charge in [0.15, 0.2) is 5.17 Å². The van der Waals surface area contributed by atoms with E-state index in [1.54, 1.807) is 0 Å². The van der Waals surface area contributed by atoms with Crippen molar-refractivity contribution in [3.63, 3.8) is 0 Å². The molecule has 5 nitrogen and oxygen atoms in total. The van der Waals surface area contributed by atoms with Crippen LogP contribution in [0.25, 0.3) is 6.08 Å². The van der Waals surface area contributed by atoms with E-state index < -0.39 is 0 Å². The highest BCUT2D eigenvalue weighted by Gasteiger charge is 2.39. The van der Waals surface area contributed by atoms with Gasteiger partial charge >= 0.3 is 0 Å². The van der Waals surface area contributed by atoms with Crippen LogP contribution < -0.4 is 4.90 Å². The van der Waals surface area contributed by atoms with Gasteiger partial charge in [0.2, 0.25) is 5.88 Å². The van der Waals surface area contributed by atoms with E-state index in [9.17, 15) is 4.79 Å². The molecule has 2 aromatic rings. The number of carbonyl (C=O) groups is 1. The Bertz CT molecular complexity index is 1020. The van der Waals surface area contributed by atoms with Gasteiger partial charge in [-0.25, -0.2) is 4.99 Å². The van der Waals surface area contributed by atoms with E-state index in [4.69, 9.17) is 9.41 Å². The summed E-state index contributed by atoms with van der Waals surface area (Å²) in [5, 5.41) is 0.779. The van der Waals surface area contributed by atoms with E-state index in [1.165, 1.54) is 50.3 Å². The fourth-order valence-electron chi connectivity index (χ4n) is 4.73. The van der Waals surface area contributed by atoms with Gasteiger partial charge in [0.1, 0.15) is 5.76 Å². The molecule has 0 atom stereocenters. The summed E-state index contributed by atoms with van der Waals surface area (Å²) in [6, 6.07) is 12.1. The van der Waals surface area contributed by atoms with Crippen LogP contribution in [0.5, 0.6) is 0 Å². The van der Waals surface area contributed by atoms with Crippen molar-refractivity contribution in [3.8, 4) is 0 Å². The highest BCUT2D eigenvalue weighted by molar-refractivity contribution is 9.10. The molecule has 32 heavy (non-hydrogen) atoms. The first kappa shape index (κ1) is 21.8. The number of para-hydroxylation sites is 1. The molecule has 0 spiro atoms. The van der Waals surface area contributed by atoms with E-state index in [2.05, 4.69) is 20.8 Å². The maximum atomic E-state index is 13.5. The molecular weight excluding hydrogens is 486 g/mol. The monoisotopic (exact) mass is 513 g/mol. The number of aliphatic imine (C=N–C) groups is 1. The van der Waals surface area contributed by atoms with E-state index in [-0.39, 0.29) is 11.9 Å². The van der Waals surface area contributed by atoms with Gasteiger partial charge in [0, 0.05) is 31.3 Å². The van der Waals surface area contributed by atoms with Crippen LogP contribution in [-0.4, -0.2) is 35.1 Å². The summed E-state index contributed by atoms with van der Waals surface area (Å²) in [7, 11) is 0. The van der Waals surface area contributed by atoms with Crippen LogP contribution in [0.4, 0.5) is 11.6 Å². The lowest BCUT2D eigenvalue weighted by molar-refractivity contribution is -0.124. The smallest absolute Gasteiger partial charge is 0.267 e. The van der Waals surface area contributed by atoms with Gasteiger partial charge in [0.25, 0.3) is 5.91 Å². The van der Waals surface area contributed by atoms with Crippen LogP contribution in [0.15, 0.2) is 55.2 Å². The maximum Gasteiger partial charge on any atom is 0.267 e. The Morgan fingerprint density at radius 2 is 1.75 bits per heavy atom. The first-order valence-corrected chi connectivity index (χ1v) is 13.2. The third-order valence-electron chi connectivity index (χ3n) is 6.36. The van der Waals surface area contributed by atoms with Crippen LogP contribution in [0.3, 0.4) is 0 Å². The van der Waals surface area contributed by atoms with Gasteiger partial charge in [-0.2, -0.15) is 0 Å². The van der Waals surface area contributed by atoms with Crippen molar-refractivity contribution in [1.82, 2.24) is 4.90 Å². The SMILES string of the molecule is O=C1/C(=C\c2cc(Br)c(N3CCCCC3)o2)SC(=Nc2ccccc2)N1C1CCCCC1. The van der Waals surface area contributed by atoms with Crippen molar-refractivity contribution in [2.24, 2.45) is 4.99 Å². The number of carbonyl (C=O) groups excluding carboxylic acids is 1. The van der Waals surface area contributed by atoms with E-state index >= 15 is 0 Å². The lowest BCUT2D eigenvalue weighted by Crippen LogP contribution is -2.40. The number of amidine groups is 1. The lowest BCUT2D eigenvalue weighted by atomic mass is 9.94. The Hall–Kier alpha value is -1.99. The Morgan fingerprint density at radius 3 is 2.50 bits per heavy atom.